The van der Waals surface area contributed by atoms with Crippen molar-refractivity contribution >= 4 is 17.5 Å². The van der Waals surface area contributed by atoms with Crippen LogP contribution in [0.15, 0.2) is 36.4 Å². The molecular weight excluding hydrogens is 335 g/mol. The van der Waals surface area contributed by atoms with E-state index < -0.39 is 35.3 Å². The van der Waals surface area contributed by atoms with E-state index in [1.54, 1.807) is 6.07 Å². The maximum atomic E-state index is 13.7. The van der Waals surface area contributed by atoms with E-state index >= 15 is 0 Å². The molecule has 0 spiro atoms. The Morgan fingerprint density at radius 3 is 2.40 bits per heavy atom. The number of halogens is 3. The van der Waals surface area contributed by atoms with E-state index in [0.29, 0.717) is 6.07 Å². The van der Waals surface area contributed by atoms with Crippen LogP contribution in [0, 0.1) is 28.8 Å². The summed E-state index contributed by atoms with van der Waals surface area (Å²) < 4.78 is 39.8. The first-order valence-electron chi connectivity index (χ1n) is 7.08. The van der Waals surface area contributed by atoms with E-state index in [0.717, 1.165) is 24.3 Å². The van der Waals surface area contributed by atoms with Crippen LogP contribution in [0.4, 0.5) is 18.9 Å². The number of carbonyl (C=O) groups excluding carboxylic acids is 2. The van der Waals surface area contributed by atoms with Crippen molar-refractivity contribution < 1.29 is 22.8 Å². The Bertz CT molecular complexity index is 878. The Morgan fingerprint density at radius 1 is 1.04 bits per heavy atom. The van der Waals surface area contributed by atoms with Gasteiger partial charge < -0.3 is 10.6 Å². The van der Waals surface area contributed by atoms with E-state index in [2.05, 4.69) is 10.6 Å². The number of hydrogen-bond acceptors (Lipinski definition) is 3. The molecule has 1 atom stereocenters. The Kier molecular flexibility index (Phi) is 5.39. The van der Waals surface area contributed by atoms with E-state index in [-0.39, 0.29) is 16.8 Å². The largest absolute Gasteiger partial charge is 0.341 e. The predicted octanol–water partition coefficient (Wildman–Crippen LogP) is 2.79. The van der Waals surface area contributed by atoms with E-state index in [4.69, 9.17) is 5.26 Å². The number of hydrogen-bond donors (Lipinski definition) is 2. The molecule has 2 rings (SSSR count). The number of amides is 2. The van der Waals surface area contributed by atoms with Gasteiger partial charge in [-0.05, 0) is 31.2 Å². The molecule has 128 valence electrons. The summed E-state index contributed by atoms with van der Waals surface area (Å²) >= 11 is 0. The normalized spacial score (nSPS) is 11.3. The summed E-state index contributed by atoms with van der Waals surface area (Å²) in [5.41, 5.74) is -0.227. The van der Waals surface area contributed by atoms with Crippen LogP contribution in [0.1, 0.15) is 24.1 Å². The van der Waals surface area contributed by atoms with Crippen LogP contribution < -0.4 is 10.6 Å². The van der Waals surface area contributed by atoms with Crippen molar-refractivity contribution in [3.63, 3.8) is 0 Å². The molecule has 25 heavy (non-hydrogen) atoms. The summed E-state index contributed by atoms with van der Waals surface area (Å²) in [6, 6.07) is 6.81. The van der Waals surface area contributed by atoms with Crippen LogP contribution in [0.2, 0.25) is 0 Å². The lowest BCUT2D eigenvalue weighted by Crippen LogP contribution is -2.37. The first-order chi connectivity index (χ1) is 11.8. The molecule has 0 fully saturated rings. The smallest absolute Gasteiger partial charge is 0.313 e. The fraction of sp³-hybridized carbons (Fsp3) is 0.118. The molecule has 0 aliphatic rings. The zero-order valence-corrected chi connectivity index (χ0v) is 12.9. The van der Waals surface area contributed by atoms with Gasteiger partial charge >= 0.3 is 11.8 Å². The van der Waals surface area contributed by atoms with Crippen molar-refractivity contribution in [2.45, 2.75) is 13.0 Å². The number of anilines is 1. The third-order valence-corrected chi connectivity index (χ3v) is 3.33. The molecule has 2 aromatic carbocycles. The van der Waals surface area contributed by atoms with Crippen molar-refractivity contribution in [3.05, 3.63) is 65.0 Å². The van der Waals surface area contributed by atoms with Gasteiger partial charge in [0.2, 0.25) is 0 Å². The Labute approximate surface area is 141 Å². The zero-order chi connectivity index (χ0) is 18.6. The summed E-state index contributed by atoms with van der Waals surface area (Å²) in [5.74, 6) is -4.53. The number of rotatable bonds is 3. The van der Waals surface area contributed by atoms with Gasteiger partial charge in [0.25, 0.3) is 0 Å². The third-order valence-electron chi connectivity index (χ3n) is 3.33. The van der Waals surface area contributed by atoms with E-state index in [9.17, 15) is 22.8 Å². The van der Waals surface area contributed by atoms with Crippen LogP contribution in [0.5, 0.6) is 0 Å². The molecule has 0 aliphatic carbocycles. The van der Waals surface area contributed by atoms with Crippen molar-refractivity contribution in [2.75, 3.05) is 5.32 Å². The number of nitrogens with one attached hydrogen (secondary N) is 2. The standard InChI is InChI=1S/C17H12F3N3O2/c1-9(13-4-2-11(18)7-15(13)20)22-16(24)17(25)23-12-3-5-14(19)10(6-12)8-21/h2-7,9H,1H3,(H,22,24)(H,23,25). The molecule has 2 N–H and O–H groups in total. The highest BCUT2D eigenvalue weighted by Gasteiger charge is 2.19. The molecule has 2 aromatic rings. The molecule has 0 aliphatic heterocycles. The number of nitriles is 1. The first-order valence-corrected chi connectivity index (χ1v) is 7.08. The van der Waals surface area contributed by atoms with Gasteiger partial charge in [-0.25, -0.2) is 13.2 Å². The topological polar surface area (TPSA) is 82.0 Å². The van der Waals surface area contributed by atoms with Crippen molar-refractivity contribution in [2.24, 2.45) is 0 Å². The van der Waals surface area contributed by atoms with Crippen LogP contribution >= 0.6 is 0 Å². The van der Waals surface area contributed by atoms with E-state index in [1.165, 1.54) is 13.0 Å². The van der Waals surface area contributed by atoms with Gasteiger partial charge in [0.15, 0.2) is 0 Å². The maximum absolute atomic E-state index is 13.7. The van der Waals surface area contributed by atoms with Gasteiger partial charge in [0, 0.05) is 17.3 Å². The van der Waals surface area contributed by atoms with Crippen LogP contribution in [0.25, 0.3) is 0 Å². The average Bonchev–Trinajstić information content (AvgIpc) is 2.56. The quantitative estimate of drug-likeness (QED) is 0.838. The summed E-state index contributed by atoms with van der Waals surface area (Å²) in [5, 5.41) is 13.2. The minimum Gasteiger partial charge on any atom is -0.341 e. The summed E-state index contributed by atoms with van der Waals surface area (Å²) in [7, 11) is 0. The summed E-state index contributed by atoms with van der Waals surface area (Å²) in [4.78, 5) is 23.7. The highest BCUT2D eigenvalue weighted by atomic mass is 19.1. The summed E-state index contributed by atoms with van der Waals surface area (Å²) in [6.07, 6.45) is 0. The molecule has 0 saturated heterocycles. The van der Waals surface area contributed by atoms with Gasteiger partial charge in [-0.1, -0.05) is 6.07 Å². The fourth-order valence-electron chi connectivity index (χ4n) is 2.07. The molecule has 0 heterocycles. The number of nitrogens with zero attached hydrogens (tertiary/aromatic N) is 1. The molecule has 0 aromatic heterocycles. The third kappa shape index (κ3) is 4.35. The van der Waals surface area contributed by atoms with Gasteiger partial charge in [-0.3, -0.25) is 9.59 Å². The van der Waals surface area contributed by atoms with Crippen LogP contribution in [0.3, 0.4) is 0 Å². The molecular formula is C17H12F3N3O2. The van der Waals surface area contributed by atoms with Gasteiger partial charge in [0.05, 0.1) is 11.6 Å². The summed E-state index contributed by atoms with van der Waals surface area (Å²) in [6.45, 7) is 1.42. The molecule has 5 nitrogen and oxygen atoms in total. The number of benzene rings is 2. The van der Waals surface area contributed by atoms with Crippen molar-refractivity contribution in [1.82, 2.24) is 5.32 Å². The average molecular weight is 347 g/mol. The van der Waals surface area contributed by atoms with E-state index in [1.807, 2.05) is 0 Å². The lowest BCUT2D eigenvalue weighted by atomic mass is 10.1. The highest BCUT2D eigenvalue weighted by molar-refractivity contribution is 6.39. The minimum absolute atomic E-state index is 0.0103. The monoisotopic (exact) mass is 347 g/mol. The van der Waals surface area contributed by atoms with Crippen molar-refractivity contribution in [1.29, 1.82) is 5.26 Å². The van der Waals surface area contributed by atoms with Gasteiger partial charge in [-0.2, -0.15) is 5.26 Å². The van der Waals surface area contributed by atoms with Crippen LogP contribution in [-0.4, -0.2) is 11.8 Å². The Hall–Kier alpha value is -3.34. The predicted molar refractivity (Wildman–Crippen MR) is 82.7 cm³/mol. The van der Waals surface area contributed by atoms with Gasteiger partial charge in [-0.15, -0.1) is 0 Å². The lowest BCUT2D eigenvalue weighted by Gasteiger charge is -2.15. The molecule has 8 heteroatoms. The second-order valence-electron chi connectivity index (χ2n) is 5.12. The van der Waals surface area contributed by atoms with Gasteiger partial charge in [0.1, 0.15) is 23.5 Å². The Balaban J connectivity index is 2.05. The number of carbonyl (C=O) groups is 2. The second-order valence-corrected chi connectivity index (χ2v) is 5.12. The molecule has 0 saturated carbocycles. The first kappa shape index (κ1) is 18.0. The molecule has 1 unspecified atom stereocenters. The molecule has 0 bridgehead atoms. The van der Waals surface area contributed by atoms with Crippen LogP contribution in [-0.2, 0) is 9.59 Å². The zero-order valence-electron chi connectivity index (χ0n) is 12.9. The second kappa shape index (κ2) is 7.49. The Morgan fingerprint density at radius 2 is 1.76 bits per heavy atom. The minimum atomic E-state index is -1.08. The fourth-order valence-corrected chi connectivity index (χ4v) is 2.07. The molecule has 0 radical (unpaired) electrons. The molecule has 2 amide bonds. The maximum Gasteiger partial charge on any atom is 0.313 e. The SMILES string of the molecule is CC(NC(=O)C(=O)Nc1ccc(F)c(C#N)c1)c1ccc(F)cc1F. The lowest BCUT2D eigenvalue weighted by molar-refractivity contribution is -0.136. The highest BCUT2D eigenvalue weighted by Crippen LogP contribution is 2.18. The van der Waals surface area contributed by atoms with Crippen molar-refractivity contribution in [3.8, 4) is 6.07 Å².